The minimum absolute atomic E-state index is 0.0599. The maximum atomic E-state index is 12.9. The molecule has 0 radical (unpaired) electrons. The van der Waals surface area contributed by atoms with Crippen LogP contribution in [-0.2, 0) is 11.2 Å². The van der Waals surface area contributed by atoms with Gasteiger partial charge in [0.2, 0.25) is 5.91 Å². The minimum Gasteiger partial charge on any atom is -0.349 e. The second kappa shape index (κ2) is 6.29. The molecule has 5 heteroatoms. The highest BCUT2D eigenvalue weighted by Crippen LogP contribution is 2.43. The van der Waals surface area contributed by atoms with Gasteiger partial charge in [-0.25, -0.2) is 0 Å². The number of likely N-dealkylation sites (N-methyl/N-ethyl adjacent to an activating group) is 1. The number of halogens is 1. The van der Waals surface area contributed by atoms with Crippen LogP contribution in [0.1, 0.15) is 25.0 Å². The number of nitrogens with zero attached hydrogens (tertiary/aromatic N) is 2. The summed E-state index contributed by atoms with van der Waals surface area (Å²) >= 11 is 3.69. The van der Waals surface area contributed by atoms with Crippen molar-refractivity contribution in [2.75, 3.05) is 26.7 Å². The maximum Gasteiger partial charge on any atom is 0.230 e. The van der Waals surface area contributed by atoms with Gasteiger partial charge >= 0.3 is 0 Å². The molecule has 1 N–H and O–H groups in total. The molecule has 1 aliphatic carbocycles. The van der Waals surface area contributed by atoms with Crippen LogP contribution in [0, 0.1) is 5.92 Å². The Hall–Kier alpha value is -1.59. The molecule has 2 heterocycles. The number of benzene rings is 1. The standard InChI is InChI=1S/C20H24BrN3O/c1-4-24(5-2)20(25)12-9-14-13-7-6-8-16-18(13)15(19(21)22-16)10-17(14)23(3)11-12/h6-9,12,17,22H,4-5,10-11H2,1-3H3/t12-,17-/m0/s1. The molecule has 0 saturated heterocycles. The smallest absolute Gasteiger partial charge is 0.230 e. The van der Waals surface area contributed by atoms with Gasteiger partial charge in [-0.2, -0.15) is 0 Å². The summed E-state index contributed by atoms with van der Waals surface area (Å²) in [5.41, 5.74) is 5.10. The van der Waals surface area contributed by atoms with Crippen LogP contribution in [-0.4, -0.2) is 53.4 Å². The molecule has 4 rings (SSSR count). The molecule has 1 aromatic heterocycles. The van der Waals surface area contributed by atoms with E-state index in [0.717, 1.165) is 30.7 Å². The Bertz CT molecular complexity index is 865. The fourth-order valence-electron chi connectivity index (χ4n) is 4.42. The van der Waals surface area contributed by atoms with Crippen molar-refractivity contribution in [2.45, 2.75) is 26.3 Å². The summed E-state index contributed by atoms with van der Waals surface area (Å²) in [5, 5.41) is 1.31. The normalized spacial score (nSPS) is 22.6. The fraction of sp³-hybridized carbons (Fsp3) is 0.450. The van der Waals surface area contributed by atoms with Crippen LogP contribution >= 0.6 is 15.9 Å². The monoisotopic (exact) mass is 401 g/mol. The molecule has 1 aliphatic heterocycles. The number of nitrogens with one attached hydrogen (secondary N) is 1. The lowest BCUT2D eigenvalue weighted by Gasteiger charge is -2.40. The molecule has 0 spiro atoms. The van der Waals surface area contributed by atoms with Crippen LogP contribution in [0.25, 0.3) is 16.5 Å². The molecule has 4 nitrogen and oxygen atoms in total. The van der Waals surface area contributed by atoms with Gasteiger partial charge in [-0.1, -0.05) is 18.2 Å². The Morgan fingerprint density at radius 2 is 2.12 bits per heavy atom. The number of hydrogen-bond acceptors (Lipinski definition) is 2. The van der Waals surface area contributed by atoms with Crippen LogP contribution in [0.5, 0.6) is 0 Å². The maximum absolute atomic E-state index is 12.9. The van der Waals surface area contributed by atoms with Gasteiger partial charge in [0.05, 0.1) is 10.5 Å². The lowest BCUT2D eigenvalue weighted by Crippen LogP contribution is -2.47. The summed E-state index contributed by atoms with van der Waals surface area (Å²) in [6, 6.07) is 6.76. The van der Waals surface area contributed by atoms with E-state index in [9.17, 15) is 4.79 Å². The lowest BCUT2D eigenvalue weighted by atomic mass is 9.79. The zero-order valence-electron chi connectivity index (χ0n) is 15.0. The number of amides is 1. The van der Waals surface area contributed by atoms with E-state index in [-0.39, 0.29) is 11.8 Å². The molecular formula is C20H24BrN3O. The average molecular weight is 402 g/mol. The van der Waals surface area contributed by atoms with Gasteiger partial charge in [0.1, 0.15) is 0 Å². The van der Waals surface area contributed by atoms with E-state index in [1.807, 2.05) is 4.90 Å². The molecule has 0 saturated carbocycles. The summed E-state index contributed by atoms with van der Waals surface area (Å²) in [6.07, 6.45) is 3.22. The predicted octanol–water partition coefficient (Wildman–Crippen LogP) is 3.67. The number of carbonyl (C=O) groups excluding carboxylic acids is 1. The van der Waals surface area contributed by atoms with Crippen LogP contribution in [0.15, 0.2) is 28.9 Å². The third-order valence-corrected chi connectivity index (χ3v) is 6.41. The Labute approximate surface area is 157 Å². The van der Waals surface area contributed by atoms with Gasteiger partial charge in [-0.3, -0.25) is 9.69 Å². The van der Waals surface area contributed by atoms with Crippen LogP contribution in [0.4, 0.5) is 0 Å². The molecule has 25 heavy (non-hydrogen) atoms. The van der Waals surface area contributed by atoms with Gasteiger partial charge in [-0.05, 0) is 66.0 Å². The van der Waals surface area contributed by atoms with Crippen LogP contribution < -0.4 is 0 Å². The largest absolute Gasteiger partial charge is 0.349 e. The van der Waals surface area contributed by atoms with E-state index >= 15 is 0 Å². The first kappa shape index (κ1) is 16.9. The zero-order valence-corrected chi connectivity index (χ0v) is 16.6. The summed E-state index contributed by atoms with van der Waals surface area (Å²) in [5.74, 6) is 0.186. The second-order valence-electron chi connectivity index (χ2n) is 7.04. The quantitative estimate of drug-likeness (QED) is 0.851. The van der Waals surface area contributed by atoms with Crippen LogP contribution in [0.2, 0.25) is 0 Å². The Kier molecular flexibility index (Phi) is 4.24. The number of carbonyl (C=O) groups is 1. The zero-order chi connectivity index (χ0) is 17.7. The van der Waals surface area contributed by atoms with Crippen molar-refractivity contribution in [3.8, 4) is 0 Å². The van der Waals surface area contributed by atoms with Gasteiger partial charge in [0, 0.05) is 36.6 Å². The van der Waals surface area contributed by atoms with Crippen LogP contribution in [0.3, 0.4) is 0 Å². The number of hydrogen-bond donors (Lipinski definition) is 1. The second-order valence-corrected chi connectivity index (χ2v) is 7.84. The molecule has 0 fully saturated rings. The molecule has 1 aromatic carbocycles. The van der Waals surface area contributed by atoms with Crippen molar-refractivity contribution in [2.24, 2.45) is 5.92 Å². The molecule has 132 valence electrons. The van der Waals surface area contributed by atoms with Crippen molar-refractivity contribution in [1.82, 2.24) is 14.8 Å². The third kappa shape index (κ3) is 2.56. The van der Waals surface area contributed by atoms with E-state index in [1.54, 1.807) is 0 Å². The first-order chi connectivity index (χ1) is 12.0. The van der Waals surface area contributed by atoms with E-state index < -0.39 is 0 Å². The van der Waals surface area contributed by atoms with E-state index in [2.05, 4.69) is 71.0 Å². The van der Waals surface area contributed by atoms with Crippen molar-refractivity contribution < 1.29 is 4.79 Å². The van der Waals surface area contributed by atoms with Gasteiger partial charge < -0.3 is 9.88 Å². The first-order valence-corrected chi connectivity index (χ1v) is 9.84. The summed E-state index contributed by atoms with van der Waals surface area (Å²) in [7, 11) is 2.14. The molecule has 0 unspecified atom stereocenters. The number of aromatic nitrogens is 1. The van der Waals surface area contributed by atoms with Crippen molar-refractivity contribution in [1.29, 1.82) is 0 Å². The molecule has 2 atom stereocenters. The highest BCUT2D eigenvalue weighted by atomic mass is 79.9. The molecule has 0 bridgehead atoms. The van der Waals surface area contributed by atoms with E-state index in [0.29, 0.717) is 6.04 Å². The van der Waals surface area contributed by atoms with Gasteiger partial charge in [0.15, 0.2) is 0 Å². The molecule has 1 amide bonds. The number of aromatic amines is 1. The van der Waals surface area contributed by atoms with E-state index in [1.165, 1.54) is 27.6 Å². The Morgan fingerprint density at radius 1 is 1.36 bits per heavy atom. The number of fused-ring (bicyclic) bond motifs is 2. The topological polar surface area (TPSA) is 39.3 Å². The van der Waals surface area contributed by atoms with Crippen molar-refractivity contribution in [3.63, 3.8) is 0 Å². The highest BCUT2D eigenvalue weighted by molar-refractivity contribution is 9.10. The average Bonchev–Trinajstić information content (AvgIpc) is 2.93. The summed E-state index contributed by atoms with van der Waals surface area (Å²) in [6.45, 7) is 6.43. The summed E-state index contributed by atoms with van der Waals surface area (Å²) in [4.78, 5) is 20.7. The SMILES string of the molecule is CCN(CC)C(=O)[C@H]1C=C2c3cccc4[nH]c(Br)c(c34)C[C@@H]2N(C)C1. The minimum atomic E-state index is -0.0599. The number of H-pyrrole nitrogens is 1. The fourth-order valence-corrected chi connectivity index (χ4v) is 4.99. The highest BCUT2D eigenvalue weighted by Gasteiger charge is 2.37. The van der Waals surface area contributed by atoms with Crippen molar-refractivity contribution in [3.05, 3.63) is 40.0 Å². The van der Waals surface area contributed by atoms with Gasteiger partial charge in [-0.15, -0.1) is 0 Å². The molecule has 2 aromatic rings. The Balaban J connectivity index is 1.83. The number of rotatable bonds is 3. The van der Waals surface area contributed by atoms with E-state index in [4.69, 9.17) is 0 Å². The summed E-state index contributed by atoms with van der Waals surface area (Å²) < 4.78 is 1.09. The van der Waals surface area contributed by atoms with Crippen molar-refractivity contribution >= 4 is 38.3 Å². The third-order valence-electron chi connectivity index (χ3n) is 5.73. The molecule has 2 aliphatic rings. The Morgan fingerprint density at radius 3 is 2.84 bits per heavy atom. The molecular weight excluding hydrogens is 378 g/mol. The van der Waals surface area contributed by atoms with Gasteiger partial charge in [0.25, 0.3) is 0 Å². The predicted molar refractivity (Wildman–Crippen MR) is 106 cm³/mol. The lowest BCUT2D eigenvalue weighted by molar-refractivity contribution is -0.134. The first-order valence-electron chi connectivity index (χ1n) is 9.05.